The highest BCUT2D eigenvalue weighted by atomic mass is 35.5. The van der Waals surface area contributed by atoms with Gasteiger partial charge in [0.2, 0.25) is 17.2 Å². The average Bonchev–Trinajstić information content (AvgIpc) is 2.51. The second kappa shape index (κ2) is 7.41. The smallest absolute Gasteiger partial charge is 0.231 e. The lowest BCUT2D eigenvalue weighted by atomic mass is 10.2. The van der Waals surface area contributed by atoms with E-state index in [-0.39, 0.29) is 5.28 Å². The minimum absolute atomic E-state index is 0.124. The SMILES string of the molecule is CNc1nc(Cl)nc(N(CCC#N)Cc2ccccc2)n1. The minimum Gasteiger partial charge on any atom is -0.357 e. The number of anilines is 2. The van der Waals surface area contributed by atoms with Crippen LogP contribution in [0.3, 0.4) is 0 Å². The normalized spacial score (nSPS) is 9.95. The van der Waals surface area contributed by atoms with Crippen molar-refractivity contribution < 1.29 is 0 Å². The molecule has 0 aliphatic carbocycles. The summed E-state index contributed by atoms with van der Waals surface area (Å²) in [6, 6.07) is 12.1. The van der Waals surface area contributed by atoms with Crippen LogP contribution in [0.25, 0.3) is 0 Å². The summed E-state index contributed by atoms with van der Waals surface area (Å²) in [7, 11) is 1.71. The van der Waals surface area contributed by atoms with Gasteiger partial charge in [0, 0.05) is 20.1 Å². The zero-order valence-corrected chi connectivity index (χ0v) is 12.4. The van der Waals surface area contributed by atoms with Crippen molar-refractivity contribution in [3.8, 4) is 6.07 Å². The fraction of sp³-hybridized carbons (Fsp3) is 0.286. The Morgan fingerprint density at radius 2 is 2.00 bits per heavy atom. The molecular weight excluding hydrogens is 288 g/mol. The fourth-order valence-corrected chi connectivity index (χ4v) is 1.99. The molecule has 0 spiro atoms. The first-order valence-electron chi connectivity index (χ1n) is 6.48. The van der Waals surface area contributed by atoms with E-state index in [0.29, 0.717) is 31.4 Å². The number of nitrogens with one attached hydrogen (secondary N) is 1. The van der Waals surface area contributed by atoms with Crippen LogP contribution in [0, 0.1) is 11.3 Å². The van der Waals surface area contributed by atoms with Gasteiger partial charge in [-0.3, -0.25) is 0 Å². The van der Waals surface area contributed by atoms with Gasteiger partial charge in [0.1, 0.15) is 0 Å². The van der Waals surface area contributed by atoms with Crippen LogP contribution in [0.5, 0.6) is 0 Å². The van der Waals surface area contributed by atoms with E-state index in [0.717, 1.165) is 5.56 Å². The van der Waals surface area contributed by atoms with Crippen LogP contribution in [-0.2, 0) is 6.54 Å². The first-order valence-corrected chi connectivity index (χ1v) is 6.86. The number of nitrogens with zero attached hydrogens (tertiary/aromatic N) is 5. The van der Waals surface area contributed by atoms with Gasteiger partial charge in [0.05, 0.1) is 12.5 Å². The maximum absolute atomic E-state index is 8.82. The molecule has 0 saturated carbocycles. The second-order valence-electron chi connectivity index (χ2n) is 4.29. The van der Waals surface area contributed by atoms with E-state index in [1.807, 2.05) is 35.2 Å². The first-order chi connectivity index (χ1) is 10.2. The van der Waals surface area contributed by atoms with Crippen molar-refractivity contribution in [1.82, 2.24) is 15.0 Å². The fourth-order valence-electron chi connectivity index (χ4n) is 1.83. The Bertz CT molecular complexity index is 625. The number of halogens is 1. The molecule has 0 radical (unpaired) electrons. The summed E-state index contributed by atoms with van der Waals surface area (Å²) in [5, 5.41) is 11.8. The lowest BCUT2D eigenvalue weighted by Gasteiger charge is -2.21. The van der Waals surface area contributed by atoms with Crippen LogP contribution in [-0.4, -0.2) is 28.5 Å². The highest BCUT2D eigenvalue weighted by molar-refractivity contribution is 6.28. The molecule has 0 aliphatic heterocycles. The summed E-state index contributed by atoms with van der Waals surface area (Å²) in [4.78, 5) is 14.3. The van der Waals surface area contributed by atoms with Gasteiger partial charge in [0.25, 0.3) is 0 Å². The number of hydrogen-bond donors (Lipinski definition) is 1. The van der Waals surface area contributed by atoms with Crippen molar-refractivity contribution >= 4 is 23.5 Å². The summed E-state index contributed by atoms with van der Waals surface area (Å²) in [6.07, 6.45) is 0.380. The van der Waals surface area contributed by atoms with E-state index in [9.17, 15) is 0 Å². The topological polar surface area (TPSA) is 77.7 Å². The molecule has 0 aliphatic rings. The quantitative estimate of drug-likeness (QED) is 0.883. The lowest BCUT2D eigenvalue weighted by molar-refractivity contribution is 0.759. The van der Waals surface area contributed by atoms with Crippen molar-refractivity contribution in [3.05, 3.63) is 41.2 Å². The van der Waals surface area contributed by atoms with Crippen molar-refractivity contribution in [2.45, 2.75) is 13.0 Å². The Hall–Kier alpha value is -2.39. The molecule has 0 fully saturated rings. The zero-order chi connectivity index (χ0) is 15.1. The first kappa shape index (κ1) is 15.0. The third-order valence-corrected chi connectivity index (χ3v) is 2.98. The third kappa shape index (κ3) is 4.29. The molecule has 108 valence electrons. The standard InChI is InChI=1S/C14H15ClN6/c1-17-13-18-12(15)19-14(20-13)21(9-5-8-16)10-11-6-3-2-4-7-11/h2-4,6-7H,5,9-10H2,1H3,(H,17,18,19,20). The Balaban J connectivity index is 2.27. The molecule has 1 aromatic heterocycles. The predicted octanol–water partition coefficient (Wildman–Crippen LogP) is 2.49. The van der Waals surface area contributed by atoms with Gasteiger partial charge in [-0.05, 0) is 17.2 Å². The molecule has 1 N–H and O–H groups in total. The Kier molecular flexibility index (Phi) is 5.29. The molecule has 0 atom stereocenters. The van der Waals surface area contributed by atoms with E-state index in [2.05, 4.69) is 26.3 Å². The molecule has 0 unspecified atom stereocenters. The summed E-state index contributed by atoms with van der Waals surface area (Å²) < 4.78 is 0. The Morgan fingerprint density at radius 3 is 2.67 bits per heavy atom. The summed E-state index contributed by atoms with van der Waals surface area (Å²) in [6.45, 7) is 1.13. The number of rotatable bonds is 6. The molecule has 2 rings (SSSR count). The molecular formula is C14H15ClN6. The highest BCUT2D eigenvalue weighted by Crippen LogP contribution is 2.16. The van der Waals surface area contributed by atoms with Gasteiger partial charge in [-0.1, -0.05) is 30.3 Å². The maximum Gasteiger partial charge on any atom is 0.231 e. The summed E-state index contributed by atoms with van der Waals surface area (Å²) >= 11 is 5.92. The molecule has 21 heavy (non-hydrogen) atoms. The van der Waals surface area contributed by atoms with Crippen LogP contribution in [0.1, 0.15) is 12.0 Å². The van der Waals surface area contributed by atoms with Gasteiger partial charge >= 0.3 is 0 Å². The summed E-state index contributed by atoms with van der Waals surface area (Å²) in [5.41, 5.74) is 1.11. The molecule has 0 bridgehead atoms. The monoisotopic (exact) mass is 302 g/mol. The lowest BCUT2D eigenvalue weighted by Crippen LogP contribution is -2.26. The third-order valence-electron chi connectivity index (χ3n) is 2.81. The van der Waals surface area contributed by atoms with Crippen LogP contribution >= 0.6 is 11.6 Å². The second-order valence-corrected chi connectivity index (χ2v) is 4.63. The van der Waals surface area contributed by atoms with Crippen LogP contribution in [0.15, 0.2) is 30.3 Å². The van der Waals surface area contributed by atoms with Crippen molar-refractivity contribution in [2.75, 3.05) is 23.8 Å². The number of aromatic nitrogens is 3. The van der Waals surface area contributed by atoms with Crippen LogP contribution < -0.4 is 10.2 Å². The minimum atomic E-state index is 0.124. The van der Waals surface area contributed by atoms with Gasteiger partial charge in [-0.2, -0.15) is 20.2 Å². The van der Waals surface area contributed by atoms with Crippen LogP contribution in [0.2, 0.25) is 5.28 Å². The molecule has 1 aromatic carbocycles. The van der Waals surface area contributed by atoms with Gasteiger partial charge in [-0.25, -0.2) is 0 Å². The highest BCUT2D eigenvalue weighted by Gasteiger charge is 2.13. The van der Waals surface area contributed by atoms with Crippen molar-refractivity contribution in [3.63, 3.8) is 0 Å². The number of benzene rings is 1. The molecule has 0 amide bonds. The number of nitriles is 1. The molecule has 2 aromatic rings. The van der Waals surface area contributed by atoms with Crippen molar-refractivity contribution in [1.29, 1.82) is 5.26 Å². The van der Waals surface area contributed by atoms with Gasteiger partial charge in [0.15, 0.2) is 0 Å². The van der Waals surface area contributed by atoms with Gasteiger partial charge < -0.3 is 10.2 Å². The maximum atomic E-state index is 8.82. The van der Waals surface area contributed by atoms with Crippen LogP contribution in [0.4, 0.5) is 11.9 Å². The van der Waals surface area contributed by atoms with E-state index >= 15 is 0 Å². The average molecular weight is 303 g/mol. The summed E-state index contributed by atoms with van der Waals surface area (Å²) in [5.74, 6) is 0.860. The largest absolute Gasteiger partial charge is 0.357 e. The van der Waals surface area contributed by atoms with E-state index < -0.39 is 0 Å². The molecule has 0 saturated heterocycles. The number of hydrogen-bond acceptors (Lipinski definition) is 6. The van der Waals surface area contributed by atoms with E-state index in [1.54, 1.807) is 7.05 Å². The van der Waals surface area contributed by atoms with E-state index in [1.165, 1.54) is 0 Å². The molecule has 7 heteroatoms. The van der Waals surface area contributed by atoms with Gasteiger partial charge in [-0.15, -0.1) is 0 Å². The van der Waals surface area contributed by atoms with E-state index in [4.69, 9.17) is 16.9 Å². The zero-order valence-electron chi connectivity index (χ0n) is 11.6. The predicted molar refractivity (Wildman–Crippen MR) is 82.1 cm³/mol. The molecule has 6 nitrogen and oxygen atoms in total. The Labute approximate surface area is 128 Å². The van der Waals surface area contributed by atoms with Crippen molar-refractivity contribution in [2.24, 2.45) is 0 Å². The molecule has 1 heterocycles. The Morgan fingerprint density at radius 1 is 1.24 bits per heavy atom.